The molecule has 1 heterocycles. The van der Waals surface area contributed by atoms with Gasteiger partial charge in [0, 0.05) is 12.4 Å². The number of nitrogens with two attached hydrogens (primary N) is 1. The maximum atomic E-state index is 12.7. The van der Waals surface area contributed by atoms with Gasteiger partial charge in [-0.25, -0.2) is 0 Å². The van der Waals surface area contributed by atoms with E-state index in [4.69, 9.17) is 5.84 Å². The van der Waals surface area contributed by atoms with Crippen LogP contribution in [0.2, 0.25) is 0 Å². The van der Waals surface area contributed by atoms with Gasteiger partial charge in [-0.15, -0.1) is 0 Å². The van der Waals surface area contributed by atoms with Gasteiger partial charge in [-0.1, -0.05) is 18.2 Å². The van der Waals surface area contributed by atoms with Crippen LogP contribution < -0.4 is 11.3 Å². The van der Waals surface area contributed by atoms with E-state index >= 15 is 0 Å². The second-order valence-electron chi connectivity index (χ2n) is 4.40. The van der Waals surface area contributed by atoms with Crippen molar-refractivity contribution in [3.8, 4) is 0 Å². The Bertz CT molecular complexity index is 555. The largest absolute Gasteiger partial charge is 0.416 e. The van der Waals surface area contributed by atoms with Crippen molar-refractivity contribution < 1.29 is 13.2 Å². The topological polar surface area (TPSA) is 50.9 Å². The van der Waals surface area contributed by atoms with Crippen LogP contribution in [-0.4, -0.2) is 4.98 Å². The fraction of sp³-hybridized carbons (Fsp3) is 0.214. The number of aromatic nitrogens is 1. The molecule has 2 aromatic rings. The number of hydrogen-bond donors (Lipinski definition) is 2. The predicted octanol–water partition coefficient (Wildman–Crippen LogP) is 2.85. The van der Waals surface area contributed by atoms with Gasteiger partial charge in [-0.3, -0.25) is 16.3 Å². The van der Waals surface area contributed by atoms with Gasteiger partial charge in [-0.2, -0.15) is 13.2 Å². The molecule has 3 nitrogen and oxygen atoms in total. The fourth-order valence-electron chi connectivity index (χ4n) is 1.98. The summed E-state index contributed by atoms with van der Waals surface area (Å²) in [6.45, 7) is 0. The van der Waals surface area contributed by atoms with Crippen LogP contribution >= 0.6 is 0 Å². The van der Waals surface area contributed by atoms with Crippen LogP contribution in [0.25, 0.3) is 0 Å². The van der Waals surface area contributed by atoms with Gasteiger partial charge in [0.25, 0.3) is 0 Å². The number of rotatable bonds is 4. The Labute approximate surface area is 114 Å². The molecule has 3 N–H and O–H groups in total. The van der Waals surface area contributed by atoms with Crippen LogP contribution in [-0.2, 0) is 12.6 Å². The molecule has 1 unspecified atom stereocenters. The maximum absolute atomic E-state index is 12.7. The number of benzene rings is 1. The molecule has 0 saturated carbocycles. The highest BCUT2D eigenvalue weighted by Gasteiger charge is 2.30. The van der Waals surface area contributed by atoms with Crippen LogP contribution in [0.4, 0.5) is 13.2 Å². The molecule has 0 aliphatic heterocycles. The zero-order valence-corrected chi connectivity index (χ0v) is 10.6. The van der Waals surface area contributed by atoms with E-state index in [0.29, 0.717) is 12.0 Å². The van der Waals surface area contributed by atoms with E-state index in [2.05, 4.69) is 10.4 Å². The van der Waals surface area contributed by atoms with Gasteiger partial charge in [0.1, 0.15) is 0 Å². The minimum absolute atomic E-state index is 0.263. The molecule has 1 atom stereocenters. The summed E-state index contributed by atoms with van der Waals surface area (Å²) in [5.41, 5.74) is 3.41. The van der Waals surface area contributed by atoms with Gasteiger partial charge in [0.05, 0.1) is 11.6 Å². The Hall–Kier alpha value is -1.92. The predicted molar refractivity (Wildman–Crippen MR) is 69.4 cm³/mol. The summed E-state index contributed by atoms with van der Waals surface area (Å²) >= 11 is 0. The molecule has 2 rings (SSSR count). The van der Waals surface area contributed by atoms with Crippen LogP contribution in [0.5, 0.6) is 0 Å². The van der Waals surface area contributed by atoms with Crippen molar-refractivity contribution in [2.75, 3.05) is 0 Å². The standard InChI is InChI=1S/C14H14F3N3/c15-14(16,17)12-3-1-2-10(8-12)9-13(20-18)11-4-6-19-7-5-11/h1-8,13,20H,9,18H2. The Morgan fingerprint density at radius 2 is 1.85 bits per heavy atom. The number of halogens is 3. The molecule has 20 heavy (non-hydrogen) atoms. The van der Waals surface area contributed by atoms with E-state index in [9.17, 15) is 13.2 Å². The highest BCUT2D eigenvalue weighted by molar-refractivity contribution is 5.28. The molecule has 0 radical (unpaired) electrons. The summed E-state index contributed by atoms with van der Waals surface area (Å²) in [4.78, 5) is 3.90. The molecule has 0 aliphatic carbocycles. The maximum Gasteiger partial charge on any atom is 0.416 e. The van der Waals surface area contributed by atoms with Crippen molar-refractivity contribution in [2.24, 2.45) is 5.84 Å². The third kappa shape index (κ3) is 3.55. The van der Waals surface area contributed by atoms with E-state index in [1.165, 1.54) is 6.07 Å². The zero-order valence-electron chi connectivity index (χ0n) is 10.6. The lowest BCUT2D eigenvalue weighted by Crippen LogP contribution is -2.29. The van der Waals surface area contributed by atoms with Crippen molar-refractivity contribution in [2.45, 2.75) is 18.6 Å². The minimum Gasteiger partial charge on any atom is -0.271 e. The average Bonchev–Trinajstić information content (AvgIpc) is 2.45. The molecule has 0 bridgehead atoms. The normalized spacial score (nSPS) is 13.2. The molecule has 0 saturated heterocycles. The fourth-order valence-corrected chi connectivity index (χ4v) is 1.98. The smallest absolute Gasteiger partial charge is 0.271 e. The summed E-state index contributed by atoms with van der Waals surface area (Å²) in [7, 11) is 0. The summed E-state index contributed by atoms with van der Waals surface area (Å²) in [6, 6.07) is 8.54. The first kappa shape index (κ1) is 14.5. The lowest BCUT2D eigenvalue weighted by atomic mass is 9.99. The third-order valence-corrected chi connectivity index (χ3v) is 3.00. The first-order chi connectivity index (χ1) is 9.50. The molecule has 6 heteroatoms. The number of alkyl halides is 3. The first-order valence-corrected chi connectivity index (χ1v) is 6.03. The van der Waals surface area contributed by atoms with Gasteiger partial charge in [0.2, 0.25) is 0 Å². The minimum atomic E-state index is -4.34. The summed E-state index contributed by atoms with van der Waals surface area (Å²) < 4.78 is 38.0. The Morgan fingerprint density at radius 1 is 1.15 bits per heavy atom. The molecular formula is C14H14F3N3. The molecule has 1 aromatic heterocycles. The van der Waals surface area contributed by atoms with Crippen LogP contribution in [0.1, 0.15) is 22.7 Å². The molecule has 0 aliphatic rings. The summed E-state index contributed by atoms with van der Waals surface area (Å²) in [5.74, 6) is 5.48. The lowest BCUT2D eigenvalue weighted by Gasteiger charge is -2.17. The first-order valence-electron chi connectivity index (χ1n) is 6.03. The van der Waals surface area contributed by atoms with Gasteiger partial charge in [0.15, 0.2) is 0 Å². The van der Waals surface area contributed by atoms with E-state index in [1.807, 2.05) is 0 Å². The van der Waals surface area contributed by atoms with Crippen molar-refractivity contribution in [3.63, 3.8) is 0 Å². The second-order valence-corrected chi connectivity index (χ2v) is 4.40. The van der Waals surface area contributed by atoms with Crippen molar-refractivity contribution in [1.82, 2.24) is 10.4 Å². The number of pyridine rings is 1. The van der Waals surface area contributed by atoms with Gasteiger partial charge < -0.3 is 0 Å². The van der Waals surface area contributed by atoms with Crippen molar-refractivity contribution >= 4 is 0 Å². The van der Waals surface area contributed by atoms with Crippen molar-refractivity contribution in [3.05, 3.63) is 65.5 Å². The molecule has 1 aromatic carbocycles. The number of nitrogens with zero attached hydrogens (tertiary/aromatic N) is 1. The zero-order chi connectivity index (χ0) is 14.6. The summed E-state index contributed by atoms with van der Waals surface area (Å²) in [5, 5.41) is 0. The third-order valence-electron chi connectivity index (χ3n) is 3.00. The SMILES string of the molecule is NNC(Cc1cccc(C(F)(F)F)c1)c1ccncc1. The Morgan fingerprint density at radius 3 is 2.45 bits per heavy atom. The van der Waals surface area contributed by atoms with Gasteiger partial charge in [-0.05, 0) is 35.7 Å². The van der Waals surface area contributed by atoms with E-state index in [1.54, 1.807) is 30.6 Å². The van der Waals surface area contributed by atoms with Crippen molar-refractivity contribution in [1.29, 1.82) is 0 Å². The number of hydrogen-bond acceptors (Lipinski definition) is 3. The molecular weight excluding hydrogens is 267 g/mol. The Balaban J connectivity index is 2.20. The average molecular weight is 281 g/mol. The monoisotopic (exact) mass is 281 g/mol. The second kappa shape index (κ2) is 6.02. The lowest BCUT2D eigenvalue weighted by molar-refractivity contribution is -0.137. The highest BCUT2D eigenvalue weighted by Crippen LogP contribution is 2.30. The highest BCUT2D eigenvalue weighted by atomic mass is 19.4. The summed E-state index contributed by atoms with van der Waals surface area (Å²) in [6.07, 6.45) is -0.736. The molecule has 0 fully saturated rings. The molecule has 0 spiro atoms. The van der Waals surface area contributed by atoms with E-state index < -0.39 is 11.7 Å². The quantitative estimate of drug-likeness (QED) is 0.669. The van der Waals surface area contributed by atoms with E-state index in [-0.39, 0.29) is 6.04 Å². The van der Waals surface area contributed by atoms with E-state index in [0.717, 1.165) is 17.7 Å². The van der Waals surface area contributed by atoms with Crippen LogP contribution in [0.3, 0.4) is 0 Å². The Kier molecular flexibility index (Phi) is 4.36. The molecule has 106 valence electrons. The molecule has 0 amide bonds. The number of nitrogens with one attached hydrogen (secondary N) is 1. The van der Waals surface area contributed by atoms with Crippen LogP contribution in [0, 0.1) is 0 Å². The van der Waals surface area contributed by atoms with Crippen LogP contribution in [0.15, 0.2) is 48.8 Å². The number of hydrazine groups is 1. The van der Waals surface area contributed by atoms with Gasteiger partial charge >= 0.3 is 6.18 Å².